The minimum Gasteiger partial charge on any atom is -0.0619 e. The molecule has 0 heteroatoms. The molecule has 3 fully saturated rings. The van der Waals surface area contributed by atoms with Gasteiger partial charge in [0.05, 0.1) is 0 Å². The average molecular weight is 178 g/mol. The van der Waals surface area contributed by atoms with Gasteiger partial charge in [0.1, 0.15) is 0 Å². The molecule has 74 valence electrons. The normalized spacial score (nSPS) is 74.1. The van der Waals surface area contributed by atoms with Gasteiger partial charge in [0.15, 0.2) is 0 Å². The van der Waals surface area contributed by atoms with Gasteiger partial charge in [-0.05, 0) is 46.8 Å². The summed E-state index contributed by atoms with van der Waals surface area (Å²) >= 11 is 0. The van der Waals surface area contributed by atoms with Crippen LogP contribution in [-0.4, -0.2) is 0 Å². The van der Waals surface area contributed by atoms with Crippen LogP contribution in [0.25, 0.3) is 0 Å². The highest BCUT2D eigenvalue weighted by molar-refractivity contribution is 5.28. The zero-order valence-electron chi connectivity index (χ0n) is 9.59. The summed E-state index contributed by atoms with van der Waals surface area (Å²) in [7, 11) is 0. The Morgan fingerprint density at radius 3 is 2.15 bits per heavy atom. The van der Waals surface area contributed by atoms with Crippen LogP contribution in [0.3, 0.4) is 0 Å². The van der Waals surface area contributed by atoms with Crippen LogP contribution in [0.5, 0.6) is 0 Å². The van der Waals surface area contributed by atoms with Gasteiger partial charge in [0.2, 0.25) is 0 Å². The number of rotatable bonds is 0. The van der Waals surface area contributed by atoms with Gasteiger partial charge in [-0.25, -0.2) is 0 Å². The minimum absolute atomic E-state index is 0.717. The van der Waals surface area contributed by atoms with Crippen molar-refractivity contribution in [1.29, 1.82) is 0 Å². The van der Waals surface area contributed by atoms with Crippen LogP contribution in [0.4, 0.5) is 0 Å². The molecular weight excluding hydrogens is 156 g/mol. The highest BCUT2D eigenvalue weighted by Gasteiger charge is 2.81. The summed E-state index contributed by atoms with van der Waals surface area (Å²) in [4.78, 5) is 0. The molecule has 0 N–H and O–H groups in total. The highest BCUT2D eigenvalue weighted by Crippen LogP contribution is 2.86. The second kappa shape index (κ2) is 1.85. The molecular formula is C13H22. The van der Waals surface area contributed by atoms with Crippen LogP contribution in [0.15, 0.2) is 0 Å². The lowest BCUT2D eigenvalue weighted by Gasteiger charge is -2.86. The summed E-state index contributed by atoms with van der Waals surface area (Å²) in [5.41, 5.74) is 1.44. The molecule has 13 heavy (non-hydrogen) atoms. The fourth-order valence-corrected chi connectivity index (χ4v) is 5.65. The third-order valence-electron chi connectivity index (χ3n) is 6.99. The Morgan fingerprint density at radius 1 is 1.00 bits per heavy atom. The molecule has 7 unspecified atom stereocenters. The van der Waals surface area contributed by atoms with Crippen LogP contribution in [-0.2, 0) is 0 Å². The second-order valence-electron chi connectivity index (χ2n) is 6.48. The first-order valence-electron chi connectivity index (χ1n) is 5.95. The maximum absolute atomic E-state index is 2.56. The van der Waals surface area contributed by atoms with Gasteiger partial charge in [0, 0.05) is 0 Å². The molecule has 0 saturated heterocycles. The first-order valence-corrected chi connectivity index (χ1v) is 5.95. The summed E-state index contributed by atoms with van der Waals surface area (Å²) < 4.78 is 0. The van der Waals surface area contributed by atoms with Crippen molar-refractivity contribution >= 4 is 0 Å². The highest BCUT2D eigenvalue weighted by atomic mass is 14.9. The first-order chi connectivity index (χ1) is 5.95. The molecule has 0 aliphatic heterocycles. The molecule has 3 aliphatic carbocycles. The van der Waals surface area contributed by atoms with Gasteiger partial charge in [-0.2, -0.15) is 0 Å². The summed E-state index contributed by atoms with van der Waals surface area (Å²) in [6, 6.07) is 0. The Bertz CT molecular complexity index is 269. The minimum atomic E-state index is 0.717. The van der Waals surface area contributed by atoms with Crippen LogP contribution in [0, 0.1) is 40.4 Å². The van der Waals surface area contributed by atoms with Crippen molar-refractivity contribution < 1.29 is 0 Å². The van der Waals surface area contributed by atoms with E-state index in [-0.39, 0.29) is 0 Å². The molecule has 0 nitrogen and oxygen atoms in total. The van der Waals surface area contributed by atoms with Crippen molar-refractivity contribution in [3.8, 4) is 0 Å². The van der Waals surface area contributed by atoms with E-state index in [1.807, 2.05) is 0 Å². The molecule has 3 rings (SSSR count). The van der Waals surface area contributed by atoms with E-state index < -0.39 is 0 Å². The maximum atomic E-state index is 2.56. The zero-order chi connectivity index (χ0) is 9.59. The van der Waals surface area contributed by atoms with Gasteiger partial charge in [0.25, 0.3) is 0 Å². The molecule has 0 aromatic rings. The third kappa shape index (κ3) is 0.500. The zero-order valence-corrected chi connectivity index (χ0v) is 9.59. The monoisotopic (exact) mass is 178 g/mol. The smallest absolute Gasteiger partial charge is 0.0205 e. The molecule has 0 heterocycles. The van der Waals surface area contributed by atoms with E-state index in [9.17, 15) is 0 Å². The second-order valence-corrected chi connectivity index (χ2v) is 6.48. The fraction of sp³-hybridized carbons (Fsp3) is 1.00. The van der Waals surface area contributed by atoms with Crippen molar-refractivity contribution in [2.24, 2.45) is 40.4 Å². The lowest BCUT2D eigenvalue weighted by Crippen LogP contribution is -2.81. The van der Waals surface area contributed by atoms with Crippen molar-refractivity contribution in [2.75, 3.05) is 0 Å². The van der Waals surface area contributed by atoms with E-state index in [4.69, 9.17) is 0 Å². The van der Waals surface area contributed by atoms with E-state index in [1.54, 1.807) is 0 Å². The standard InChI is InChI=1S/C13H22/c1-7-6-10-11-8(2)9(3)13(11,5)12(7,10)4/h7-11H,6H2,1-5H3. The predicted molar refractivity (Wildman–Crippen MR) is 55.3 cm³/mol. The Kier molecular flexibility index (Phi) is 1.19. The van der Waals surface area contributed by atoms with Crippen molar-refractivity contribution in [2.45, 2.75) is 41.0 Å². The van der Waals surface area contributed by atoms with Gasteiger partial charge in [-0.3, -0.25) is 0 Å². The summed E-state index contributed by atoms with van der Waals surface area (Å²) in [6.45, 7) is 12.5. The Hall–Kier alpha value is 0. The van der Waals surface area contributed by atoms with Crippen LogP contribution in [0.1, 0.15) is 41.0 Å². The van der Waals surface area contributed by atoms with E-state index in [0.29, 0.717) is 0 Å². The molecule has 0 amide bonds. The van der Waals surface area contributed by atoms with Crippen LogP contribution in [0.2, 0.25) is 0 Å². The number of hydrogen-bond acceptors (Lipinski definition) is 0. The van der Waals surface area contributed by atoms with Crippen molar-refractivity contribution in [3.63, 3.8) is 0 Å². The first kappa shape index (κ1) is 8.32. The van der Waals surface area contributed by atoms with Crippen LogP contribution >= 0.6 is 0 Å². The van der Waals surface area contributed by atoms with Crippen LogP contribution < -0.4 is 0 Å². The van der Waals surface area contributed by atoms with Gasteiger partial charge >= 0.3 is 0 Å². The molecule has 3 aliphatic rings. The largest absolute Gasteiger partial charge is 0.0619 e. The summed E-state index contributed by atoms with van der Waals surface area (Å²) in [5.74, 6) is 5.16. The van der Waals surface area contributed by atoms with Crippen molar-refractivity contribution in [3.05, 3.63) is 0 Å². The lowest BCUT2D eigenvalue weighted by atomic mass is 9.18. The Morgan fingerprint density at radius 2 is 1.62 bits per heavy atom. The average Bonchev–Trinajstić information content (AvgIpc) is 2.14. The van der Waals surface area contributed by atoms with E-state index in [2.05, 4.69) is 34.6 Å². The van der Waals surface area contributed by atoms with Crippen molar-refractivity contribution in [1.82, 2.24) is 0 Å². The fourth-order valence-electron chi connectivity index (χ4n) is 5.65. The Balaban J connectivity index is 1.97. The van der Waals surface area contributed by atoms with Gasteiger partial charge in [-0.15, -0.1) is 0 Å². The van der Waals surface area contributed by atoms with Gasteiger partial charge in [-0.1, -0.05) is 34.6 Å². The molecule has 0 aromatic carbocycles. The lowest BCUT2D eigenvalue weighted by molar-refractivity contribution is -0.390. The van der Waals surface area contributed by atoms with E-state index in [0.717, 1.165) is 40.4 Å². The predicted octanol–water partition coefficient (Wildman–Crippen LogP) is 3.57. The molecule has 3 saturated carbocycles. The topological polar surface area (TPSA) is 0 Å². The Labute approximate surface area is 82.1 Å². The molecule has 0 aromatic heterocycles. The molecule has 7 atom stereocenters. The third-order valence-corrected chi connectivity index (χ3v) is 6.99. The number of fused-ring (bicyclic) bond motifs is 4. The van der Waals surface area contributed by atoms with E-state index in [1.165, 1.54) is 6.42 Å². The molecule has 0 spiro atoms. The summed E-state index contributed by atoms with van der Waals surface area (Å²) in [6.07, 6.45) is 1.52. The molecule has 0 radical (unpaired) electrons. The summed E-state index contributed by atoms with van der Waals surface area (Å²) in [5, 5.41) is 0. The number of hydrogen-bond donors (Lipinski definition) is 0. The maximum Gasteiger partial charge on any atom is -0.0205 e. The SMILES string of the molecule is CC1C(C)C2(C)C1C1CC(C)C12C. The molecule has 0 bridgehead atoms. The quantitative estimate of drug-likeness (QED) is 0.532. The van der Waals surface area contributed by atoms with E-state index >= 15 is 0 Å². The van der Waals surface area contributed by atoms with Gasteiger partial charge < -0.3 is 0 Å².